The zero-order valence-electron chi connectivity index (χ0n) is 12.6. The Morgan fingerprint density at radius 1 is 1.45 bits per heavy atom. The zero-order chi connectivity index (χ0) is 15.7. The van der Waals surface area contributed by atoms with Gasteiger partial charge in [0.15, 0.2) is 5.69 Å². The summed E-state index contributed by atoms with van der Waals surface area (Å²) >= 11 is 0. The lowest BCUT2D eigenvalue weighted by atomic mass is 9.90. The molecule has 2 aromatic rings. The highest BCUT2D eigenvalue weighted by Crippen LogP contribution is 2.23. The number of hydrogen-bond donors (Lipinski definition) is 2. The fourth-order valence-corrected chi connectivity index (χ4v) is 3.21. The number of carbonyl (C=O) groups excluding carboxylic acids is 1. The average molecular weight is 300 g/mol. The van der Waals surface area contributed by atoms with E-state index in [2.05, 4.69) is 17.1 Å². The molecule has 0 unspecified atom stereocenters. The van der Waals surface area contributed by atoms with Crippen molar-refractivity contribution in [3.63, 3.8) is 0 Å². The van der Waals surface area contributed by atoms with Gasteiger partial charge in [0.05, 0.1) is 5.52 Å². The van der Waals surface area contributed by atoms with Gasteiger partial charge in [-0.25, -0.2) is 0 Å². The van der Waals surface area contributed by atoms with E-state index in [-0.39, 0.29) is 23.1 Å². The molecule has 3 N–H and O–H groups in total. The highest BCUT2D eigenvalue weighted by molar-refractivity contribution is 5.95. The van der Waals surface area contributed by atoms with Crippen LogP contribution in [0.15, 0.2) is 29.1 Å². The molecule has 0 spiro atoms. The summed E-state index contributed by atoms with van der Waals surface area (Å²) in [7, 11) is 0. The summed E-state index contributed by atoms with van der Waals surface area (Å²) in [5, 5.41) is 7.28. The Labute approximate surface area is 128 Å². The van der Waals surface area contributed by atoms with Gasteiger partial charge in [-0.1, -0.05) is 19.1 Å². The molecule has 0 bridgehead atoms. The number of benzene rings is 1. The van der Waals surface area contributed by atoms with Crippen molar-refractivity contribution in [2.75, 3.05) is 13.1 Å². The summed E-state index contributed by atoms with van der Waals surface area (Å²) in [6, 6.07) is 7.03. The van der Waals surface area contributed by atoms with Crippen LogP contribution in [0.3, 0.4) is 0 Å². The van der Waals surface area contributed by atoms with Crippen molar-refractivity contribution >= 4 is 16.8 Å². The van der Waals surface area contributed by atoms with Gasteiger partial charge in [0, 0.05) is 24.5 Å². The molecule has 0 radical (unpaired) electrons. The summed E-state index contributed by atoms with van der Waals surface area (Å²) in [6.07, 6.45) is 1.97. The molecule has 1 aliphatic rings. The van der Waals surface area contributed by atoms with Gasteiger partial charge in [-0.3, -0.25) is 14.7 Å². The maximum Gasteiger partial charge on any atom is 0.278 e. The molecular weight excluding hydrogens is 280 g/mol. The maximum absolute atomic E-state index is 12.8. The van der Waals surface area contributed by atoms with E-state index in [1.807, 2.05) is 6.07 Å². The van der Waals surface area contributed by atoms with Crippen LogP contribution < -0.4 is 11.2 Å². The second-order valence-corrected chi connectivity index (χ2v) is 5.87. The van der Waals surface area contributed by atoms with Gasteiger partial charge in [-0.05, 0) is 30.9 Å². The molecule has 6 nitrogen and oxygen atoms in total. The third-order valence-electron chi connectivity index (χ3n) is 4.50. The summed E-state index contributed by atoms with van der Waals surface area (Å²) in [4.78, 5) is 27.0. The van der Waals surface area contributed by atoms with Crippen LogP contribution >= 0.6 is 0 Å². The first-order valence-electron chi connectivity index (χ1n) is 7.62. The highest BCUT2D eigenvalue weighted by atomic mass is 16.2. The van der Waals surface area contributed by atoms with Crippen LogP contribution in [0.25, 0.3) is 10.9 Å². The molecule has 1 fully saturated rings. The average Bonchev–Trinajstić information content (AvgIpc) is 2.54. The van der Waals surface area contributed by atoms with E-state index >= 15 is 0 Å². The van der Waals surface area contributed by atoms with Crippen molar-refractivity contribution < 1.29 is 4.79 Å². The molecule has 0 saturated carbocycles. The van der Waals surface area contributed by atoms with Crippen molar-refractivity contribution in [3.05, 3.63) is 40.2 Å². The Morgan fingerprint density at radius 2 is 2.23 bits per heavy atom. The Bertz CT molecular complexity index is 755. The van der Waals surface area contributed by atoms with Crippen LogP contribution in [-0.2, 0) is 0 Å². The highest BCUT2D eigenvalue weighted by Gasteiger charge is 2.33. The van der Waals surface area contributed by atoms with Gasteiger partial charge in [0.2, 0.25) is 5.43 Å². The molecule has 1 saturated heterocycles. The number of hydrogen-bond acceptors (Lipinski definition) is 4. The summed E-state index contributed by atoms with van der Waals surface area (Å²) in [5.41, 5.74) is 6.08. The summed E-state index contributed by atoms with van der Waals surface area (Å²) < 4.78 is 0. The number of carbonyl (C=O) groups is 1. The number of amides is 1. The van der Waals surface area contributed by atoms with E-state index in [4.69, 9.17) is 5.73 Å². The van der Waals surface area contributed by atoms with E-state index < -0.39 is 0 Å². The number of piperidine rings is 1. The number of rotatable bonds is 2. The molecule has 1 aromatic carbocycles. The van der Waals surface area contributed by atoms with Crippen molar-refractivity contribution in [1.82, 2.24) is 15.1 Å². The van der Waals surface area contributed by atoms with Gasteiger partial charge in [-0.2, -0.15) is 5.10 Å². The van der Waals surface area contributed by atoms with Crippen LogP contribution in [0.4, 0.5) is 0 Å². The van der Waals surface area contributed by atoms with Crippen LogP contribution in [0.5, 0.6) is 0 Å². The van der Waals surface area contributed by atoms with Gasteiger partial charge in [0.1, 0.15) is 0 Å². The van der Waals surface area contributed by atoms with Gasteiger partial charge in [0.25, 0.3) is 5.91 Å². The lowest BCUT2D eigenvalue weighted by molar-refractivity contribution is 0.0524. The van der Waals surface area contributed by atoms with E-state index in [0.717, 1.165) is 12.8 Å². The van der Waals surface area contributed by atoms with Crippen LogP contribution in [-0.4, -0.2) is 40.1 Å². The Morgan fingerprint density at radius 3 is 3.00 bits per heavy atom. The molecule has 1 aromatic heterocycles. The first-order chi connectivity index (χ1) is 10.6. The first kappa shape index (κ1) is 14.7. The Kier molecular flexibility index (Phi) is 3.94. The van der Waals surface area contributed by atoms with E-state index in [9.17, 15) is 9.59 Å². The Hall–Kier alpha value is -2.21. The van der Waals surface area contributed by atoms with Gasteiger partial charge < -0.3 is 10.6 Å². The molecule has 22 heavy (non-hydrogen) atoms. The van der Waals surface area contributed by atoms with Crippen molar-refractivity contribution in [2.45, 2.75) is 25.8 Å². The first-order valence-corrected chi connectivity index (χ1v) is 7.62. The molecular formula is C16H20N4O2. The quantitative estimate of drug-likeness (QED) is 0.869. The smallest absolute Gasteiger partial charge is 0.278 e. The number of nitrogens with two attached hydrogens (primary N) is 1. The van der Waals surface area contributed by atoms with Crippen LogP contribution in [0.2, 0.25) is 0 Å². The molecule has 3 rings (SSSR count). The van der Waals surface area contributed by atoms with E-state index in [1.54, 1.807) is 23.1 Å². The predicted molar refractivity (Wildman–Crippen MR) is 84.6 cm³/mol. The van der Waals surface area contributed by atoms with Gasteiger partial charge >= 0.3 is 0 Å². The third-order valence-corrected chi connectivity index (χ3v) is 4.50. The fourth-order valence-electron chi connectivity index (χ4n) is 3.21. The molecule has 116 valence electrons. The lowest BCUT2D eigenvalue weighted by Gasteiger charge is -2.39. The molecule has 6 heteroatoms. The summed E-state index contributed by atoms with van der Waals surface area (Å²) in [6.45, 7) is 3.12. The number of aromatic nitrogens is 2. The number of nitrogens with one attached hydrogen (secondary N) is 1. The summed E-state index contributed by atoms with van der Waals surface area (Å²) in [5.74, 6) is 0.0104. The van der Waals surface area contributed by atoms with Crippen molar-refractivity contribution in [2.24, 2.45) is 11.7 Å². The molecule has 1 aliphatic heterocycles. The molecule has 0 aliphatic carbocycles. The van der Waals surface area contributed by atoms with E-state index in [1.165, 1.54) is 0 Å². The van der Waals surface area contributed by atoms with E-state index in [0.29, 0.717) is 29.9 Å². The molecule has 1 amide bonds. The van der Waals surface area contributed by atoms with Gasteiger partial charge in [-0.15, -0.1) is 0 Å². The predicted octanol–water partition coefficient (Wildman–Crippen LogP) is 1.12. The number of nitrogens with zero attached hydrogens (tertiary/aromatic N) is 2. The minimum atomic E-state index is -0.326. The minimum absolute atomic E-state index is 0.0334. The molecule has 2 atom stereocenters. The standard InChI is InChI=1S/C16H20N4O2/c1-10-5-4-8-20(13(10)9-17)16(22)14-15(21)11-6-2-3-7-12(11)18-19-14/h2-3,6-7,10,13H,4-5,8-9,17H2,1H3,(H,18,21)/t10-,13+/m0/s1. The third kappa shape index (κ3) is 2.39. The topological polar surface area (TPSA) is 92.1 Å². The monoisotopic (exact) mass is 300 g/mol. The zero-order valence-corrected chi connectivity index (χ0v) is 12.6. The normalized spacial score (nSPS) is 22.0. The number of aromatic amines is 1. The number of likely N-dealkylation sites (tertiary alicyclic amines) is 1. The number of para-hydroxylation sites is 1. The number of H-pyrrole nitrogens is 1. The van der Waals surface area contributed by atoms with Crippen LogP contribution in [0, 0.1) is 5.92 Å². The lowest BCUT2D eigenvalue weighted by Crippen LogP contribution is -2.52. The number of fused-ring (bicyclic) bond motifs is 1. The fraction of sp³-hybridized carbons (Fsp3) is 0.438. The SMILES string of the molecule is C[C@H]1CCCN(C(=O)c2n[nH]c3ccccc3c2=O)[C@@H]1CN. The largest absolute Gasteiger partial charge is 0.333 e. The van der Waals surface area contributed by atoms with Crippen molar-refractivity contribution in [3.8, 4) is 0 Å². The minimum Gasteiger partial charge on any atom is -0.333 e. The molecule has 2 heterocycles. The van der Waals surface area contributed by atoms with Crippen molar-refractivity contribution in [1.29, 1.82) is 0 Å². The second kappa shape index (κ2) is 5.88. The Balaban J connectivity index is 2.01. The van der Waals surface area contributed by atoms with Crippen LogP contribution in [0.1, 0.15) is 30.3 Å². The maximum atomic E-state index is 12.8. The second-order valence-electron chi connectivity index (χ2n) is 5.87.